The van der Waals surface area contributed by atoms with E-state index in [2.05, 4.69) is 22.5 Å². The first kappa shape index (κ1) is 17.7. The summed E-state index contributed by atoms with van der Waals surface area (Å²) in [6.07, 6.45) is 5.70. The third kappa shape index (κ3) is 11.6. The first-order valence-corrected chi connectivity index (χ1v) is 7.39. The van der Waals surface area contributed by atoms with Crippen LogP contribution in [-0.2, 0) is 4.79 Å². The zero-order chi connectivity index (χ0) is 14.5. The van der Waals surface area contributed by atoms with Gasteiger partial charge in [-0.1, -0.05) is 40.0 Å². The molecule has 1 amide bonds. The molecule has 0 aromatic heterocycles. The van der Waals surface area contributed by atoms with Crippen LogP contribution < -0.4 is 16.4 Å². The van der Waals surface area contributed by atoms with Gasteiger partial charge >= 0.3 is 0 Å². The Hall–Kier alpha value is -1.26. The highest BCUT2D eigenvalue weighted by Gasteiger charge is 2.04. The molecule has 5 nitrogen and oxygen atoms in total. The number of unbranched alkanes of at least 4 members (excludes halogenated alkanes) is 3. The fraction of sp³-hybridized carbons (Fsp3) is 0.857. The summed E-state index contributed by atoms with van der Waals surface area (Å²) in [5, 5.41) is 5.95. The number of aliphatic imine (C=N–C) groups is 1. The molecule has 0 aliphatic heterocycles. The van der Waals surface area contributed by atoms with E-state index < -0.39 is 0 Å². The highest BCUT2D eigenvalue weighted by atomic mass is 16.1. The lowest BCUT2D eigenvalue weighted by atomic mass is 10.2. The number of rotatable bonds is 10. The van der Waals surface area contributed by atoms with Crippen LogP contribution in [-0.4, -0.2) is 31.5 Å². The predicted molar refractivity (Wildman–Crippen MR) is 81.1 cm³/mol. The number of nitrogens with one attached hydrogen (secondary N) is 2. The van der Waals surface area contributed by atoms with Crippen molar-refractivity contribution in [2.75, 3.05) is 19.6 Å². The quantitative estimate of drug-likeness (QED) is 0.321. The summed E-state index contributed by atoms with van der Waals surface area (Å²) in [4.78, 5) is 15.5. The number of hydrogen-bond acceptors (Lipinski definition) is 2. The summed E-state index contributed by atoms with van der Waals surface area (Å²) in [5.74, 6) is 0.635. The number of carbonyl (C=O) groups is 1. The van der Waals surface area contributed by atoms with Crippen LogP contribution in [0.4, 0.5) is 0 Å². The molecular formula is C14H30N4O. The average Bonchev–Trinajstić information content (AvgIpc) is 2.37. The maximum atomic E-state index is 11.3. The number of guanidine groups is 1. The monoisotopic (exact) mass is 270 g/mol. The van der Waals surface area contributed by atoms with Crippen LogP contribution in [0.25, 0.3) is 0 Å². The van der Waals surface area contributed by atoms with Gasteiger partial charge in [0.2, 0.25) is 5.91 Å². The molecule has 0 aromatic carbocycles. The van der Waals surface area contributed by atoms with Crippen molar-refractivity contribution in [1.82, 2.24) is 10.6 Å². The van der Waals surface area contributed by atoms with E-state index in [9.17, 15) is 4.79 Å². The maximum absolute atomic E-state index is 11.3. The van der Waals surface area contributed by atoms with Gasteiger partial charge < -0.3 is 16.4 Å². The van der Waals surface area contributed by atoms with Gasteiger partial charge in [-0.25, -0.2) is 0 Å². The molecule has 4 N–H and O–H groups in total. The molecule has 19 heavy (non-hydrogen) atoms. The van der Waals surface area contributed by atoms with Crippen molar-refractivity contribution in [2.45, 2.75) is 52.9 Å². The Bertz CT molecular complexity index is 264. The van der Waals surface area contributed by atoms with Gasteiger partial charge in [-0.3, -0.25) is 9.79 Å². The Morgan fingerprint density at radius 1 is 1.11 bits per heavy atom. The zero-order valence-corrected chi connectivity index (χ0v) is 12.7. The molecule has 0 unspecified atom stereocenters. The van der Waals surface area contributed by atoms with Crippen LogP contribution in [0.1, 0.15) is 52.9 Å². The summed E-state index contributed by atoms with van der Waals surface area (Å²) in [6.45, 7) is 8.15. The van der Waals surface area contributed by atoms with Gasteiger partial charge in [0.05, 0.1) is 0 Å². The first-order valence-electron chi connectivity index (χ1n) is 7.39. The fourth-order valence-electron chi connectivity index (χ4n) is 1.52. The van der Waals surface area contributed by atoms with E-state index in [-0.39, 0.29) is 11.8 Å². The highest BCUT2D eigenvalue weighted by molar-refractivity contribution is 5.78. The fourth-order valence-corrected chi connectivity index (χ4v) is 1.52. The predicted octanol–water partition coefficient (Wildman–Crippen LogP) is 1.63. The Balaban J connectivity index is 3.46. The van der Waals surface area contributed by atoms with E-state index in [1.807, 2.05) is 13.8 Å². The van der Waals surface area contributed by atoms with Crippen molar-refractivity contribution in [3.63, 3.8) is 0 Å². The second kappa shape index (κ2) is 11.8. The molecule has 0 aliphatic rings. The van der Waals surface area contributed by atoms with Gasteiger partial charge in [0.15, 0.2) is 5.96 Å². The summed E-state index contributed by atoms with van der Waals surface area (Å²) in [7, 11) is 0. The molecule has 0 bridgehead atoms. The molecular weight excluding hydrogens is 240 g/mol. The Kier molecular flexibility index (Phi) is 11.0. The summed E-state index contributed by atoms with van der Waals surface area (Å²) in [6, 6.07) is 0. The van der Waals surface area contributed by atoms with Crippen molar-refractivity contribution >= 4 is 11.9 Å². The van der Waals surface area contributed by atoms with Gasteiger partial charge in [-0.2, -0.15) is 0 Å². The molecule has 0 aromatic rings. The van der Waals surface area contributed by atoms with Gasteiger partial charge in [0.1, 0.15) is 0 Å². The summed E-state index contributed by atoms with van der Waals surface area (Å²) >= 11 is 0. The van der Waals surface area contributed by atoms with Crippen molar-refractivity contribution in [1.29, 1.82) is 0 Å². The van der Waals surface area contributed by atoms with Crippen molar-refractivity contribution < 1.29 is 4.79 Å². The van der Waals surface area contributed by atoms with Gasteiger partial charge in [-0.15, -0.1) is 0 Å². The van der Waals surface area contributed by atoms with Gasteiger partial charge in [-0.05, 0) is 12.8 Å². The van der Waals surface area contributed by atoms with E-state index in [1.165, 1.54) is 19.3 Å². The minimum atomic E-state index is 0.0401. The Labute approximate surface area is 117 Å². The second-order valence-corrected chi connectivity index (χ2v) is 5.05. The third-order valence-corrected chi connectivity index (χ3v) is 2.78. The van der Waals surface area contributed by atoms with Crippen LogP contribution in [0, 0.1) is 5.92 Å². The Morgan fingerprint density at radius 3 is 2.42 bits per heavy atom. The zero-order valence-electron chi connectivity index (χ0n) is 12.7. The maximum Gasteiger partial charge on any atom is 0.222 e. The average molecular weight is 270 g/mol. The van der Waals surface area contributed by atoms with E-state index in [0.717, 1.165) is 19.4 Å². The van der Waals surface area contributed by atoms with Gasteiger partial charge in [0.25, 0.3) is 0 Å². The number of carbonyl (C=O) groups excluding carboxylic acids is 1. The minimum absolute atomic E-state index is 0.0401. The molecule has 0 saturated heterocycles. The smallest absolute Gasteiger partial charge is 0.222 e. The topological polar surface area (TPSA) is 79.5 Å². The number of nitrogens with zero attached hydrogens (tertiary/aromatic N) is 1. The van der Waals surface area contributed by atoms with Crippen LogP contribution in [0.3, 0.4) is 0 Å². The molecule has 0 heterocycles. The Morgan fingerprint density at radius 2 is 1.79 bits per heavy atom. The molecule has 112 valence electrons. The van der Waals surface area contributed by atoms with Crippen LogP contribution in [0.5, 0.6) is 0 Å². The lowest BCUT2D eigenvalue weighted by molar-refractivity contribution is -0.123. The van der Waals surface area contributed by atoms with E-state index in [4.69, 9.17) is 5.73 Å². The van der Waals surface area contributed by atoms with Crippen molar-refractivity contribution in [2.24, 2.45) is 16.6 Å². The van der Waals surface area contributed by atoms with E-state index in [1.54, 1.807) is 0 Å². The molecule has 5 heteroatoms. The van der Waals surface area contributed by atoms with Crippen molar-refractivity contribution in [3.8, 4) is 0 Å². The summed E-state index contributed by atoms with van der Waals surface area (Å²) in [5.41, 5.74) is 5.73. The molecule has 0 spiro atoms. The largest absolute Gasteiger partial charge is 0.370 e. The molecule has 0 radical (unpaired) electrons. The number of amides is 1. The molecule has 0 saturated carbocycles. The highest BCUT2D eigenvalue weighted by Crippen LogP contribution is 1.96. The van der Waals surface area contributed by atoms with E-state index in [0.29, 0.717) is 19.0 Å². The molecule has 0 fully saturated rings. The third-order valence-electron chi connectivity index (χ3n) is 2.78. The molecule has 0 atom stereocenters. The standard InChI is InChI=1S/C14H30N4O/c1-4-5-6-7-9-17-14(15)18-11-8-10-16-13(19)12(2)3/h12H,4-11H2,1-3H3,(H,16,19)(H3,15,17,18). The van der Waals surface area contributed by atoms with Crippen LogP contribution >= 0.6 is 0 Å². The molecule has 0 rings (SSSR count). The lowest BCUT2D eigenvalue weighted by Gasteiger charge is -2.07. The second-order valence-electron chi connectivity index (χ2n) is 5.05. The normalized spacial score (nSPS) is 11.7. The first-order chi connectivity index (χ1) is 9.07. The van der Waals surface area contributed by atoms with Gasteiger partial charge in [0, 0.05) is 25.6 Å². The minimum Gasteiger partial charge on any atom is -0.370 e. The van der Waals surface area contributed by atoms with E-state index >= 15 is 0 Å². The van der Waals surface area contributed by atoms with Crippen molar-refractivity contribution in [3.05, 3.63) is 0 Å². The SMILES string of the molecule is CCCCCCNC(N)=NCCCNC(=O)C(C)C. The molecule has 0 aliphatic carbocycles. The van der Waals surface area contributed by atoms with Crippen LogP contribution in [0.15, 0.2) is 4.99 Å². The summed E-state index contributed by atoms with van der Waals surface area (Å²) < 4.78 is 0. The number of nitrogens with two attached hydrogens (primary N) is 1. The number of hydrogen-bond donors (Lipinski definition) is 3. The van der Waals surface area contributed by atoms with Crippen LogP contribution in [0.2, 0.25) is 0 Å². The lowest BCUT2D eigenvalue weighted by Crippen LogP contribution is -2.33.